The summed E-state index contributed by atoms with van der Waals surface area (Å²) in [7, 11) is -2.76. The van der Waals surface area contributed by atoms with E-state index in [9.17, 15) is 26.4 Å². The molecule has 0 aliphatic heterocycles. The molecule has 1 atom stereocenters. The van der Waals surface area contributed by atoms with Gasteiger partial charge in [0, 0.05) is 11.8 Å². The van der Waals surface area contributed by atoms with Crippen LogP contribution in [0, 0.1) is 5.92 Å². The predicted octanol–water partition coefficient (Wildman–Crippen LogP) is 3.02. The molecule has 10 heteroatoms. The number of methoxy groups -OCH3 is 1. The Morgan fingerprint density at radius 1 is 1.03 bits per heavy atom. The Bertz CT molecular complexity index is 1100. The van der Waals surface area contributed by atoms with Crippen molar-refractivity contribution < 1.29 is 31.1 Å². The van der Waals surface area contributed by atoms with Gasteiger partial charge in [0.25, 0.3) is 10.0 Å². The Morgan fingerprint density at radius 3 is 2.03 bits per heavy atom. The number of halogens is 3. The van der Waals surface area contributed by atoms with E-state index in [1.807, 2.05) is 0 Å². The molecule has 0 radical (unpaired) electrons. The van der Waals surface area contributed by atoms with Crippen LogP contribution in [-0.2, 0) is 25.7 Å². The number of alkyl halides is 3. The van der Waals surface area contributed by atoms with Crippen LogP contribution in [0.5, 0.6) is 0 Å². The summed E-state index contributed by atoms with van der Waals surface area (Å²) in [5.74, 6) is -1.29. The number of nitrogens with two attached hydrogens (primary N) is 1. The van der Waals surface area contributed by atoms with Gasteiger partial charge in [-0.3, -0.25) is 4.79 Å². The molecule has 2 N–H and O–H groups in total. The minimum atomic E-state index is -4.47. The Labute approximate surface area is 164 Å². The van der Waals surface area contributed by atoms with Crippen molar-refractivity contribution >= 4 is 27.1 Å². The number of esters is 1. The smallest absolute Gasteiger partial charge is 0.416 e. The van der Waals surface area contributed by atoms with Crippen LogP contribution in [0.2, 0.25) is 0 Å². The molecular weight excluding hydrogens is 409 g/mol. The van der Waals surface area contributed by atoms with E-state index in [0.29, 0.717) is 22.3 Å². The zero-order chi connectivity index (χ0) is 21.4. The molecule has 0 amide bonds. The molecule has 0 fully saturated rings. The quantitative estimate of drug-likeness (QED) is 0.761. The summed E-state index contributed by atoms with van der Waals surface area (Å²) < 4.78 is 66.0. The Balaban J connectivity index is 2.04. The van der Waals surface area contributed by atoms with Crippen LogP contribution in [0.25, 0.3) is 11.1 Å². The normalized spacial score (nSPS) is 16.9. The summed E-state index contributed by atoms with van der Waals surface area (Å²) in [6.07, 6.45) is -0.0593. The SMILES string of the molecule is COC(=O)C1C=C(c2ccc(C(F)(F)F)cc2)C(c2ccc(S(N)(=O)=O)nc2)=C1. The topological polar surface area (TPSA) is 99.4 Å². The van der Waals surface area contributed by atoms with Gasteiger partial charge in [0.15, 0.2) is 5.03 Å². The maximum atomic E-state index is 12.8. The number of carbonyl (C=O) groups excluding carboxylic acids is 1. The van der Waals surface area contributed by atoms with E-state index in [2.05, 4.69) is 4.98 Å². The van der Waals surface area contributed by atoms with Gasteiger partial charge in [-0.1, -0.05) is 24.3 Å². The molecule has 1 aromatic heterocycles. The molecule has 2 aromatic rings. The van der Waals surface area contributed by atoms with Crippen molar-refractivity contribution in [3.63, 3.8) is 0 Å². The second-order valence-corrected chi connectivity index (χ2v) is 7.72. The molecule has 0 bridgehead atoms. The molecule has 0 saturated heterocycles. The van der Waals surface area contributed by atoms with Crippen LogP contribution < -0.4 is 5.14 Å². The molecule has 1 aromatic carbocycles. The van der Waals surface area contributed by atoms with Gasteiger partial charge in [-0.2, -0.15) is 13.2 Å². The summed E-state index contributed by atoms with van der Waals surface area (Å²) in [6.45, 7) is 0. The van der Waals surface area contributed by atoms with Gasteiger partial charge < -0.3 is 4.74 Å². The zero-order valence-corrected chi connectivity index (χ0v) is 15.8. The van der Waals surface area contributed by atoms with Crippen LogP contribution in [0.4, 0.5) is 13.2 Å². The fourth-order valence-corrected chi connectivity index (χ4v) is 3.37. The molecule has 6 nitrogen and oxygen atoms in total. The van der Waals surface area contributed by atoms with E-state index < -0.39 is 33.7 Å². The fourth-order valence-electron chi connectivity index (χ4n) is 2.91. The van der Waals surface area contributed by atoms with Crippen molar-refractivity contribution in [2.24, 2.45) is 11.1 Å². The lowest BCUT2D eigenvalue weighted by Gasteiger charge is -2.11. The molecule has 1 unspecified atom stereocenters. The lowest BCUT2D eigenvalue weighted by atomic mass is 9.95. The standard InChI is InChI=1S/C19H15F3N2O4S/c1-28-18(25)13-8-15(11-2-5-14(6-3-11)19(20,21)22)16(9-13)12-4-7-17(24-10-12)29(23,26)27/h2-10,13H,1H3,(H2,23,26,27). The number of pyridine rings is 1. The Hall–Kier alpha value is -2.98. The summed E-state index contributed by atoms with van der Waals surface area (Å²) in [5.41, 5.74) is 1.13. The number of aromatic nitrogens is 1. The Kier molecular flexibility index (Phi) is 5.33. The molecule has 3 rings (SSSR count). The molecule has 0 saturated carbocycles. The lowest BCUT2D eigenvalue weighted by Crippen LogP contribution is -2.13. The van der Waals surface area contributed by atoms with E-state index >= 15 is 0 Å². The number of hydrogen-bond donors (Lipinski definition) is 1. The van der Waals surface area contributed by atoms with Crippen molar-refractivity contribution in [1.29, 1.82) is 0 Å². The van der Waals surface area contributed by atoms with Crippen molar-refractivity contribution in [2.75, 3.05) is 7.11 Å². The van der Waals surface area contributed by atoms with Crippen LogP contribution in [-0.4, -0.2) is 26.5 Å². The van der Waals surface area contributed by atoms with E-state index in [-0.39, 0.29) is 5.03 Å². The molecular formula is C19H15F3N2O4S. The molecule has 1 aliphatic carbocycles. The number of hydrogen-bond acceptors (Lipinski definition) is 5. The van der Waals surface area contributed by atoms with Crippen LogP contribution in [0.15, 0.2) is 59.8 Å². The van der Waals surface area contributed by atoms with E-state index in [1.54, 1.807) is 12.2 Å². The first-order valence-corrected chi connectivity index (χ1v) is 9.74. The third-order valence-electron chi connectivity index (χ3n) is 4.32. The number of benzene rings is 1. The second-order valence-electron chi connectivity index (χ2n) is 6.21. The number of ether oxygens (including phenoxy) is 1. The average Bonchev–Trinajstić information content (AvgIpc) is 3.11. The summed E-state index contributed by atoms with van der Waals surface area (Å²) in [6, 6.07) is 7.16. The van der Waals surface area contributed by atoms with Crippen molar-refractivity contribution in [3.05, 3.63) is 71.4 Å². The highest BCUT2D eigenvalue weighted by Gasteiger charge is 2.31. The van der Waals surface area contributed by atoms with E-state index in [0.717, 1.165) is 12.1 Å². The highest BCUT2D eigenvalue weighted by molar-refractivity contribution is 7.89. The van der Waals surface area contributed by atoms with Gasteiger partial charge in [0.2, 0.25) is 0 Å². The third kappa shape index (κ3) is 4.38. The van der Waals surface area contributed by atoms with Crippen molar-refractivity contribution in [1.82, 2.24) is 4.98 Å². The highest BCUT2D eigenvalue weighted by atomic mass is 32.2. The van der Waals surface area contributed by atoms with Gasteiger partial charge in [0.1, 0.15) is 0 Å². The summed E-state index contributed by atoms with van der Waals surface area (Å²) >= 11 is 0. The first-order chi connectivity index (χ1) is 13.5. The number of rotatable bonds is 4. The minimum Gasteiger partial charge on any atom is -0.468 e. The molecule has 29 heavy (non-hydrogen) atoms. The highest BCUT2D eigenvalue weighted by Crippen LogP contribution is 2.39. The van der Waals surface area contributed by atoms with Crippen LogP contribution >= 0.6 is 0 Å². The maximum Gasteiger partial charge on any atom is 0.416 e. The molecule has 1 aliphatic rings. The summed E-state index contributed by atoms with van der Waals surface area (Å²) in [5, 5.41) is 4.71. The first kappa shape index (κ1) is 20.7. The molecule has 1 heterocycles. The van der Waals surface area contributed by atoms with Gasteiger partial charge >= 0.3 is 12.1 Å². The third-order valence-corrected chi connectivity index (χ3v) is 5.14. The average molecular weight is 424 g/mol. The predicted molar refractivity (Wildman–Crippen MR) is 98.5 cm³/mol. The molecule has 152 valence electrons. The summed E-state index contributed by atoms with van der Waals surface area (Å²) in [4.78, 5) is 15.8. The first-order valence-electron chi connectivity index (χ1n) is 8.19. The van der Waals surface area contributed by atoms with Crippen LogP contribution in [0.1, 0.15) is 16.7 Å². The number of allylic oxidation sites excluding steroid dienone is 2. The van der Waals surface area contributed by atoms with Gasteiger partial charge in [-0.05, 0) is 41.0 Å². The van der Waals surface area contributed by atoms with Crippen LogP contribution in [0.3, 0.4) is 0 Å². The maximum absolute atomic E-state index is 12.8. The monoisotopic (exact) mass is 424 g/mol. The number of sulfonamides is 1. The van der Waals surface area contributed by atoms with Gasteiger partial charge in [-0.15, -0.1) is 0 Å². The number of nitrogens with zero attached hydrogens (tertiary/aromatic N) is 1. The zero-order valence-electron chi connectivity index (χ0n) is 15.0. The van der Waals surface area contributed by atoms with Gasteiger partial charge in [-0.25, -0.2) is 18.5 Å². The number of carbonyl (C=O) groups is 1. The molecule has 0 spiro atoms. The van der Waals surface area contributed by atoms with E-state index in [4.69, 9.17) is 9.88 Å². The minimum absolute atomic E-state index is 0.329. The number of primary sulfonamides is 1. The largest absolute Gasteiger partial charge is 0.468 e. The van der Waals surface area contributed by atoms with Gasteiger partial charge in [0.05, 0.1) is 18.6 Å². The fraction of sp³-hybridized carbons (Fsp3) is 0.158. The van der Waals surface area contributed by atoms with E-state index in [1.165, 1.54) is 37.6 Å². The van der Waals surface area contributed by atoms with Crippen molar-refractivity contribution in [2.45, 2.75) is 11.2 Å². The second kappa shape index (κ2) is 7.45. The lowest BCUT2D eigenvalue weighted by molar-refractivity contribution is -0.142. The Morgan fingerprint density at radius 2 is 1.59 bits per heavy atom. The van der Waals surface area contributed by atoms with Crippen molar-refractivity contribution in [3.8, 4) is 0 Å².